The zero-order chi connectivity index (χ0) is 14.7. The van der Waals surface area contributed by atoms with Crippen molar-refractivity contribution in [3.05, 3.63) is 52.3 Å². The standard InChI is InChI=1S/C16H17BrN2O2/c1-11(19-9-12-6-14(17)10-18-8-12)13-2-3-15-16(7-13)21-5-4-20-15/h2-3,6-8,10-11,19H,4-5,9H2,1H3. The minimum atomic E-state index is 0.222. The van der Waals surface area contributed by atoms with E-state index in [1.54, 1.807) is 6.20 Å². The van der Waals surface area contributed by atoms with Gasteiger partial charge < -0.3 is 14.8 Å². The summed E-state index contributed by atoms with van der Waals surface area (Å²) in [4.78, 5) is 4.17. The van der Waals surface area contributed by atoms with Crippen molar-refractivity contribution in [2.75, 3.05) is 13.2 Å². The number of benzene rings is 1. The van der Waals surface area contributed by atoms with Crippen molar-refractivity contribution >= 4 is 15.9 Å². The molecule has 1 aromatic carbocycles. The van der Waals surface area contributed by atoms with Crippen molar-refractivity contribution in [2.45, 2.75) is 19.5 Å². The number of halogens is 1. The Morgan fingerprint density at radius 2 is 2.00 bits per heavy atom. The lowest BCUT2D eigenvalue weighted by atomic mass is 10.1. The van der Waals surface area contributed by atoms with Crippen LogP contribution in [0, 0.1) is 0 Å². The lowest BCUT2D eigenvalue weighted by Crippen LogP contribution is -2.19. The average Bonchev–Trinajstić information content (AvgIpc) is 2.52. The van der Waals surface area contributed by atoms with Gasteiger partial charge in [0, 0.05) is 29.5 Å². The molecule has 110 valence electrons. The number of hydrogen-bond donors (Lipinski definition) is 1. The molecular formula is C16H17BrN2O2. The quantitative estimate of drug-likeness (QED) is 0.918. The lowest BCUT2D eigenvalue weighted by molar-refractivity contribution is 0.171. The van der Waals surface area contributed by atoms with Gasteiger partial charge in [-0.2, -0.15) is 0 Å². The molecule has 1 unspecified atom stereocenters. The molecule has 2 aromatic rings. The largest absolute Gasteiger partial charge is 0.486 e. The van der Waals surface area contributed by atoms with E-state index in [0.29, 0.717) is 13.2 Å². The highest BCUT2D eigenvalue weighted by molar-refractivity contribution is 9.10. The van der Waals surface area contributed by atoms with Crippen LogP contribution in [0.3, 0.4) is 0 Å². The van der Waals surface area contributed by atoms with Crippen molar-refractivity contribution in [3.63, 3.8) is 0 Å². The van der Waals surface area contributed by atoms with Crippen molar-refractivity contribution < 1.29 is 9.47 Å². The third-order valence-corrected chi connectivity index (χ3v) is 3.87. The molecule has 0 radical (unpaired) electrons. The maximum atomic E-state index is 5.62. The van der Waals surface area contributed by atoms with Gasteiger partial charge in [-0.1, -0.05) is 6.07 Å². The molecule has 1 atom stereocenters. The van der Waals surface area contributed by atoms with Gasteiger partial charge in [0.1, 0.15) is 13.2 Å². The zero-order valence-electron chi connectivity index (χ0n) is 11.8. The van der Waals surface area contributed by atoms with Crippen LogP contribution >= 0.6 is 15.9 Å². The lowest BCUT2D eigenvalue weighted by Gasteiger charge is -2.21. The van der Waals surface area contributed by atoms with E-state index in [9.17, 15) is 0 Å². The van der Waals surface area contributed by atoms with Crippen molar-refractivity contribution in [1.82, 2.24) is 10.3 Å². The van der Waals surface area contributed by atoms with Crippen LogP contribution in [0.2, 0.25) is 0 Å². The first-order valence-electron chi connectivity index (χ1n) is 6.95. The first kappa shape index (κ1) is 14.4. The molecule has 0 bridgehead atoms. The smallest absolute Gasteiger partial charge is 0.161 e. The highest BCUT2D eigenvalue weighted by Crippen LogP contribution is 2.32. The maximum absolute atomic E-state index is 5.62. The van der Waals surface area contributed by atoms with Crippen molar-refractivity contribution in [1.29, 1.82) is 0 Å². The van der Waals surface area contributed by atoms with Crippen LogP contribution in [-0.4, -0.2) is 18.2 Å². The monoisotopic (exact) mass is 348 g/mol. The molecule has 1 aromatic heterocycles. The van der Waals surface area contributed by atoms with Gasteiger partial charge in [0.2, 0.25) is 0 Å². The number of fused-ring (bicyclic) bond motifs is 1. The number of nitrogens with one attached hydrogen (secondary N) is 1. The zero-order valence-corrected chi connectivity index (χ0v) is 13.4. The van der Waals surface area contributed by atoms with Crippen LogP contribution in [0.5, 0.6) is 11.5 Å². The van der Waals surface area contributed by atoms with Gasteiger partial charge in [-0.05, 0) is 52.2 Å². The first-order valence-corrected chi connectivity index (χ1v) is 7.74. The number of ether oxygens (including phenoxy) is 2. The van der Waals surface area contributed by atoms with Crippen molar-refractivity contribution in [2.24, 2.45) is 0 Å². The molecule has 0 spiro atoms. The van der Waals surface area contributed by atoms with Crippen LogP contribution in [0.15, 0.2) is 41.1 Å². The third kappa shape index (κ3) is 3.54. The predicted molar refractivity (Wildman–Crippen MR) is 84.6 cm³/mol. The minimum absolute atomic E-state index is 0.222. The fraction of sp³-hybridized carbons (Fsp3) is 0.312. The summed E-state index contributed by atoms with van der Waals surface area (Å²) in [5, 5.41) is 3.49. The van der Waals surface area contributed by atoms with Gasteiger partial charge in [-0.3, -0.25) is 4.98 Å². The maximum Gasteiger partial charge on any atom is 0.161 e. The van der Waals surface area contributed by atoms with Gasteiger partial charge >= 0.3 is 0 Å². The van der Waals surface area contributed by atoms with Crippen LogP contribution in [-0.2, 0) is 6.54 Å². The molecule has 0 saturated heterocycles. The Morgan fingerprint density at radius 3 is 2.81 bits per heavy atom. The minimum Gasteiger partial charge on any atom is -0.486 e. The SMILES string of the molecule is CC(NCc1cncc(Br)c1)c1ccc2c(c1)OCCO2. The summed E-state index contributed by atoms with van der Waals surface area (Å²) >= 11 is 3.43. The second-order valence-electron chi connectivity index (χ2n) is 5.02. The molecular weight excluding hydrogens is 332 g/mol. The molecule has 1 aliphatic rings. The van der Waals surface area contributed by atoms with Gasteiger partial charge in [-0.15, -0.1) is 0 Å². The number of rotatable bonds is 4. The molecule has 1 N–H and O–H groups in total. The van der Waals surface area contributed by atoms with E-state index >= 15 is 0 Å². The van der Waals surface area contributed by atoms with Crippen LogP contribution < -0.4 is 14.8 Å². The molecule has 0 aliphatic carbocycles. The van der Waals surface area contributed by atoms with E-state index < -0.39 is 0 Å². The topological polar surface area (TPSA) is 43.4 Å². The number of aromatic nitrogens is 1. The summed E-state index contributed by atoms with van der Waals surface area (Å²) in [7, 11) is 0. The number of nitrogens with zero attached hydrogens (tertiary/aromatic N) is 1. The number of pyridine rings is 1. The van der Waals surface area contributed by atoms with Crippen molar-refractivity contribution in [3.8, 4) is 11.5 Å². The molecule has 3 rings (SSSR count). The summed E-state index contributed by atoms with van der Waals surface area (Å²) in [5.74, 6) is 1.66. The average molecular weight is 349 g/mol. The Hall–Kier alpha value is -1.59. The van der Waals surface area contributed by atoms with Gasteiger partial charge in [-0.25, -0.2) is 0 Å². The Labute approximate surface area is 132 Å². The van der Waals surface area contributed by atoms with E-state index in [0.717, 1.165) is 28.1 Å². The predicted octanol–water partition coefficient (Wildman–Crippen LogP) is 3.47. The highest BCUT2D eigenvalue weighted by Gasteiger charge is 2.14. The Morgan fingerprint density at radius 1 is 1.19 bits per heavy atom. The molecule has 4 nitrogen and oxygen atoms in total. The number of hydrogen-bond acceptors (Lipinski definition) is 4. The second kappa shape index (κ2) is 6.45. The summed E-state index contributed by atoms with van der Waals surface area (Å²) in [5.41, 5.74) is 2.33. The molecule has 5 heteroatoms. The Kier molecular flexibility index (Phi) is 4.41. The Bertz CT molecular complexity index is 633. The first-order chi connectivity index (χ1) is 10.2. The summed E-state index contributed by atoms with van der Waals surface area (Å²) < 4.78 is 12.2. The van der Waals surface area contributed by atoms with Crippen LogP contribution in [0.1, 0.15) is 24.1 Å². The highest BCUT2D eigenvalue weighted by atomic mass is 79.9. The summed E-state index contributed by atoms with van der Waals surface area (Å²) in [6.45, 7) is 4.14. The molecule has 21 heavy (non-hydrogen) atoms. The fourth-order valence-electron chi connectivity index (χ4n) is 2.27. The van der Waals surface area contributed by atoms with E-state index in [1.165, 1.54) is 5.56 Å². The van der Waals surface area contributed by atoms with E-state index in [2.05, 4.69) is 45.3 Å². The molecule has 1 aliphatic heterocycles. The fourth-order valence-corrected chi connectivity index (χ4v) is 2.68. The van der Waals surface area contributed by atoms with Gasteiger partial charge in [0.15, 0.2) is 11.5 Å². The molecule has 0 amide bonds. The van der Waals surface area contributed by atoms with Gasteiger partial charge in [0.05, 0.1) is 0 Å². The van der Waals surface area contributed by atoms with Gasteiger partial charge in [0.25, 0.3) is 0 Å². The summed E-state index contributed by atoms with van der Waals surface area (Å²) in [6, 6.07) is 8.38. The second-order valence-corrected chi connectivity index (χ2v) is 5.93. The Balaban J connectivity index is 1.66. The molecule has 0 fully saturated rings. The summed E-state index contributed by atoms with van der Waals surface area (Å²) in [6.07, 6.45) is 3.65. The third-order valence-electron chi connectivity index (χ3n) is 3.44. The van der Waals surface area contributed by atoms with E-state index in [4.69, 9.17) is 9.47 Å². The van der Waals surface area contributed by atoms with Crippen LogP contribution in [0.4, 0.5) is 0 Å². The molecule has 0 saturated carbocycles. The van der Waals surface area contributed by atoms with Crippen LogP contribution in [0.25, 0.3) is 0 Å². The van der Waals surface area contributed by atoms with E-state index in [1.807, 2.05) is 18.3 Å². The normalized spacial score (nSPS) is 14.8. The molecule has 2 heterocycles. The van der Waals surface area contributed by atoms with E-state index in [-0.39, 0.29) is 6.04 Å².